The maximum Gasteiger partial charge on any atom is 0.189 e. The van der Waals surface area contributed by atoms with Gasteiger partial charge >= 0.3 is 0 Å². The second-order valence-electron chi connectivity index (χ2n) is 4.21. The van der Waals surface area contributed by atoms with Gasteiger partial charge in [0.2, 0.25) is 0 Å². The molecule has 0 saturated heterocycles. The molecule has 1 aromatic heterocycles. The second-order valence-corrected chi connectivity index (χ2v) is 4.21. The number of nitrogens with zero attached hydrogens (tertiary/aromatic N) is 2. The van der Waals surface area contributed by atoms with Gasteiger partial charge in [-0.05, 0) is 24.3 Å². The molecule has 0 unspecified atom stereocenters. The first kappa shape index (κ1) is 13.9. The van der Waals surface area contributed by atoms with Crippen molar-refractivity contribution in [2.45, 2.75) is 0 Å². The third-order valence-corrected chi connectivity index (χ3v) is 2.84. The molecule has 0 aliphatic heterocycles. The van der Waals surface area contributed by atoms with Crippen LogP contribution in [0.25, 0.3) is 6.08 Å². The SMILES string of the molecule is COc1ccc(/C=C/C(=O)c2cnn(C)c2)c(OC)c1. The molecule has 0 bridgehead atoms. The van der Waals surface area contributed by atoms with Gasteiger partial charge in [-0.2, -0.15) is 5.10 Å². The van der Waals surface area contributed by atoms with Crippen LogP contribution in [0.1, 0.15) is 15.9 Å². The summed E-state index contributed by atoms with van der Waals surface area (Å²) in [5.74, 6) is 1.26. The first-order chi connectivity index (χ1) is 9.63. The van der Waals surface area contributed by atoms with Crippen LogP contribution in [0.4, 0.5) is 0 Å². The smallest absolute Gasteiger partial charge is 0.189 e. The van der Waals surface area contributed by atoms with Crippen LogP contribution in [0.5, 0.6) is 11.5 Å². The molecule has 2 rings (SSSR count). The number of hydrogen-bond acceptors (Lipinski definition) is 4. The lowest BCUT2D eigenvalue weighted by atomic mass is 10.1. The van der Waals surface area contributed by atoms with Crippen molar-refractivity contribution in [2.24, 2.45) is 7.05 Å². The molecule has 104 valence electrons. The summed E-state index contributed by atoms with van der Waals surface area (Å²) in [6.45, 7) is 0. The van der Waals surface area contributed by atoms with E-state index in [1.54, 1.807) is 44.3 Å². The van der Waals surface area contributed by atoms with E-state index in [4.69, 9.17) is 9.47 Å². The van der Waals surface area contributed by atoms with Crippen LogP contribution in [-0.2, 0) is 7.05 Å². The Bertz CT molecular complexity index is 644. The van der Waals surface area contributed by atoms with Crippen LogP contribution >= 0.6 is 0 Å². The first-order valence-corrected chi connectivity index (χ1v) is 6.07. The number of hydrogen-bond donors (Lipinski definition) is 0. The van der Waals surface area contributed by atoms with Crippen LogP contribution in [0.2, 0.25) is 0 Å². The Morgan fingerprint density at radius 3 is 2.70 bits per heavy atom. The van der Waals surface area contributed by atoms with Gasteiger partial charge in [-0.25, -0.2) is 0 Å². The van der Waals surface area contributed by atoms with E-state index in [1.165, 1.54) is 12.3 Å². The molecule has 0 aliphatic carbocycles. The zero-order valence-electron chi connectivity index (χ0n) is 11.7. The number of aryl methyl sites for hydroxylation is 1. The van der Waals surface area contributed by atoms with Gasteiger partial charge in [0, 0.05) is 24.9 Å². The molecule has 0 aliphatic rings. The van der Waals surface area contributed by atoms with Crippen molar-refractivity contribution in [1.82, 2.24) is 9.78 Å². The largest absolute Gasteiger partial charge is 0.497 e. The molecule has 0 radical (unpaired) electrons. The Balaban J connectivity index is 2.20. The Labute approximate surface area is 117 Å². The predicted molar refractivity (Wildman–Crippen MR) is 76.1 cm³/mol. The maximum atomic E-state index is 11.9. The average Bonchev–Trinajstić information content (AvgIpc) is 2.91. The van der Waals surface area contributed by atoms with E-state index >= 15 is 0 Å². The summed E-state index contributed by atoms with van der Waals surface area (Å²) >= 11 is 0. The highest BCUT2D eigenvalue weighted by Gasteiger charge is 2.06. The van der Waals surface area contributed by atoms with Crippen LogP contribution in [-0.4, -0.2) is 29.8 Å². The number of ketones is 1. The van der Waals surface area contributed by atoms with E-state index in [-0.39, 0.29) is 5.78 Å². The monoisotopic (exact) mass is 272 g/mol. The fourth-order valence-corrected chi connectivity index (χ4v) is 1.77. The van der Waals surface area contributed by atoms with E-state index in [9.17, 15) is 4.79 Å². The third-order valence-electron chi connectivity index (χ3n) is 2.84. The molecule has 2 aromatic rings. The molecule has 0 atom stereocenters. The van der Waals surface area contributed by atoms with Gasteiger partial charge in [0.1, 0.15) is 11.5 Å². The van der Waals surface area contributed by atoms with E-state index < -0.39 is 0 Å². The van der Waals surface area contributed by atoms with Gasteiger partial charge < -0.3 is 9.47 Å². The topological polar surface area (TPSA) is 53.3 Å². The highest BCUT2D eigenvalue weighted by molar-refractivity contribution is 6.06. The van der Waals surface area contributed by atoms with Crippen LogP contribution in [0.15, 0.2) is 36.7 Å². The minimum absolute atomic E-state index is 0.101. The van der Waals surface area contributed by atoms with Crippen molar-refractivity contribution in [3.63, 3.8) is 0 Å². The van der Waals surface area contributed by atoms with Crippen molar-refractivity contribution < 1.29 is 14.3 Å². The van der Waals surface area contributed by atoms with Crippen LogP contribution in [0.3, 0.4) is 0 Å². The highest BCUT2D eigenvalue weighted by atomic mass is 16.5. The summed E-state index contributed by atoms with van der Waals surface area (Å²) in [5, 5.41) is 3.97. The Morgan fingerprint density at radius 1 is 1.30 bits per heavy atom. The molecule has 20 heavy (non-hydrogen) atoms. The second kappa shape index (κ2) is 6.06. The Hall–Kier alpha value is -2.56. The number of rotatable bonds is 5. The Morgan fingerprint density at radius 2 is 2.10 bits per heavy atom. The van der Waals surface area contributed by atoms with Gasteiger partial charge in [-0.1, -0.05) is 0 Å². The molecule has 1 aromatic carbocycles. The molecule has 0 N–H and O–H groups in total. The van der Waals surface area contributed by atoms with Crippen LogP contribution < -0.4 is 9.47 Å². The summed E-state index contributed by atoms with van der Waals surface area (Å²) in [7, 11) is 4.94. The molecule has 0 amide bonds. The molecular formula is C15H16N2O3. The zero-order chi connectivity index (χ0) is 14.5. The van der Waals surface area contributed by atoms with Crippen molar-refractivity contribution in [2.75, 3.05) is 14.2 Å². The van der Waals surface area contributed by atoms with Gasteiger partial charge in [-0.3, -0.25) is 9.48 Å². The molecule has 5 nitrogen and oxygen atoms in total. The normalized spacial score (nSPS) is 10.8. The van der Waals surface area contributed by atoms with Gasteiger partial charge in [-0.15, -0.1) is 0 Å². The molecule has 0 fully saturated rings. The maximum absolute atomic E-state index is 11.9. The van der Waals surface area contributed by atoms with Crippen molar-refractivity contribution in [1.29, 1.82) is 0 Å². The summed E-state index contributed by atoms with van der Waals surface area (Å²) in [5.41, 5.74) is 1.36. The van der Waals surface area contributed by atoms with Crippen LogP contribution in [0, 0.1) is 0 Å². The molecule has 1 heterocycles. The number of allylic oxidation sites excluding steroid dienone is 1. The summed E-state index contributed by atoms with van der Waals surface area (Å²) in [4.78, 5) is 11.9. The van der Waals surface area contributed by atoms with E-state index in [0.717, 1.165) is 5.56 Å². The zero-order valence-corrected chi connectivity index (χ0v) is 11.7. The fraction of sp³-hybridized carbons (Fsp3) is 0.200. The average molecular weight is 272 g/mol. The molecular weight excluding hydrogens is 256 g/mol. The van der Waals surface area contributed by atoms with E-state index in [1.807, 2.05) is 12.1 Å². The number of carbonyl (C=O) groups is 1. The lowest BCUT2D eigenvalue weighted by Crippen LogP contribution is -1.93. The fourth-order valence-electron chi connectivity index (χ4n) is 1.77. The summed E-state index contributed by atoms with van der Waals surface area (Å²) in [6, 6.07) is 5.43. The standard InChI is InChI=1S/C15H16N2O3/c1-17-10-12(9-16-17)14(18)7-5-11-4-6-13(19-2)8-15(11)20-3/h4-10H,1-3H3/b7-5+. The number of benzene rings is 1. The molecule has 0 saturated carbocycles. The van der Waals surface area contributed by atoms with Gasteiger partial charge in [0.25, 0.3) is 0 Å². The van der Waals surface area contributed by atoms with E-state index in [2.05, 4.69) is 5.10 Å². The van der Waals surface area contributed by atoms with Crippen molar-refractivity contribution >= 4 is 11.9 Å². The van der Waals surface area contributed by atoms with Gasteiger partial charge in [0.15, 0.2) is 5.78 Å². The molecule has 5 heteroatoms. The lowest BCUT2D eigenvalue weighted by Gasteiger charge is -2.07. The first-order valence-electron chi connectivity index (χ1n) is 6.07. The highest BCUT2D eigenvalue weighted by Crippen LogP contribution is 2.25. The Kier molecular flexibility index (Phi) is 4.20. The third kappa shape index (κ3) is 3.06. The quantitative estimate of drug-likeness (QED) is 0.619. The number of carbonyl (C=O) groups excluding carboxylic acids is 1. The number of methoxy groups -OCH3 is 2. The predicted octanol–water partition coefficient (Wildman–Crippen LogP) is 2.33. The lowest BCUT2D eigenvalue weighted by molar-refractivity contribution is 0.104. The summed E-state index contributed by atoms with van der Waals surface area (Å²) in [6.07, 6.45) is 6.44. The summed E-state index contributed by atoms with van der Waals surface area (Å²) < 4.78 is 12.0. The minimum Gasteiger partial charge on any atom is -0.497 e. The number of aromatic nitrogens is 2. The minimum atomic E-state index is -0.101. The van der Waals surface area contributed by atoms with Crippen molar-refractivity contribution in [3.8, 4) is 11.5 Å². The van der Waals surface area contributed by atoms with Crippen molar-refractivity contribution in [3.05, 3.63) is 47.8 Å². The number of ether oxygens (including phenoxy) is 2. The molecule has 0 spiro atoms. The van der Waals surface area contributed by atoms with E-state index in [0.29, 0.717) is 17.1 Å². The van der Waals surface area contributed by atoms with Gasteiger partial charge in [0.05, 0.1) is 26.0 Å².